The second-order valence-corrected chi connectivity index (χ2v) is 5.07. The van der Waals surface area contributed by atoms with Gasteiger partial charge in [0.25, 0.3) is 0 Å². The maximum absolute atomic E-state index is 5.95. The van der Waals surface area contributed by atoms with Crippen molar-refractivity contribution in [3.8, 4) is 5.75 Å². The Hall–Kier alpha value is -0.980. The monoisotopic (exact) mass is 232 g/mol. The summed E-state index contributed by atoms with van der Waals surface area (Å²) in [4.78, 5) is 0. The topological polar surface area (TPSA) is 9.23 Å². The van der Waals surface area contributed by atoms with Crippen LogP contribution in [0.15, 0.2) is 24.3 Å². The lowest BCUT2D eigenvalue weighted by Gasteiger charge is -2.15. The summed E-state index contributed by atoms with van der Waals surface area (Å²) in [5.74, 6) is 1.88. The molecule has 0 radical (unpaired) electrons. The quantitative estimate of drug-likeness (QED) is 0.633. The highest BCUT2D eigenvalue weighted by Crippen LogP contribution is 2.38. The Balaban J connectivity index is 1.95. The molecule has 0 atom stereocenters. The van der Waals surface area contributed by atoms with Crippen molar-refractivity contribution in [2.75, 3.05) is 6.61 Å². The lowest BCUT2D eigenvalue weighted by molar-refractivity contribution is 0.301. The summed E-state index contributed by atoms with van der Waals surface area (Å²) in [6.07, 6.45) is 9.16. The highest BCUT2D eigenvalue weighted by atomic mass is 16.5. The van der Waals surface area contributed by atoms with Gasteiger partial charge >= 0.3 is 0 Å². The molecule has 1 aliphatic carbocycles. The summed E-state index contributed by atoms with van der Waals surface area (Å²) in [6, 6.07) is 8.63. The Morgan fingerprint density at radius 1 is 1.12 bits per heavy atom. The molecule has 0 unspecified atom stereocenters. The average molecular weight is 232 g/mol. The van der Waals surface area contributed by atoms with Crippen LogP contribution in [0.25, 0.3) is 0 Å². The first-order valence-corrected chi connectivity index (χ1v) is 7.13. The molecule has 1 fully saturated rings. The van der Waals surface area contributed by atoms with Gasteiger partial charge in [0.15, 0.2) is 0 Å². The van der Waals surface area contributed by atoms with E-state index in [-0.39, 0.29) is 0 Å². The van der Waals surface area contributed by atoms with Crippen LogP contribution >= 0.6 is 0 Å². The van der Waals surface area contributed by atoms with Gasteiger partial charge in [0.1, 0.15) is 5.75 Å². The van der Waals surface area contributed by atoms with Gasteiger partial charge in [0.05, 0.1) is 6.61 Å². The first-order valence-electron chi connectivity index (χ1n) is 7.13. The molecule has 1 nitrogen and oxygen atoms in total. The minimum Gasteiger partial charge on any atom is -0.493 e. The fourth-order valence-corrected chi connectivity index (χ4v) is 2.72. The van der Waals surface area contributed by atoms with Gasteiger partial charge in [0, 0.05) is 0 Å². The van der Waals surface area contributed by atoms with E-state index >= 15 is 0 Å². The molecule has 94 valence electrons. The van der Waals surface area contributed by atoms with E-state index in [4.69, 9.17) is 4.74 Å². The standard InChI is InChI=1S/C16H24O/c1-2-3-8-13-17-16-12-7-6-11-15(16)14-9-4-5-10-14/h6-7,11-12,14H,2-5,8-10,13H2,1H3. The predicted molar refractivity (Wildman–Crippen MR) is 72.7 cm³/mol. The van der Waals surface area contributed by atoms with Crippen molar-refractivity contribution < 1.29 is 4.74 Å². The van der Waals surface area contributed by atoms with Crippen molar-refractivity contribution in [3.05, 3.63) is 29.8 Å². The van der Waals surface area contributed by atoms with E-state index < -0.39 is 0 Å². The Labute approximate surface area is 105 Å². The minimum absolute atomic E-state index is 0.748. The number of para-hydroxylation sites is 1. The second kappa shape index (κ2) is 6.68. The van der Waals surface area contributed by atoms with Gasteiger partial charge in [-0.2, -0.15) is 0 Å². The number of hydrogen-bond donors (Lipinski definition) is 0. The van der Waals surface area contributed by atoms with Crippen molar-refractivity contribution in [2.45, 2.75) is 57.8 Å². The zero-order chi connectivity index (χ0) is 11.9. The number of unbranched alkanes of at least 4 members (excludes halogenated alkanes) is 2. The first-order chi connectivity index (χ1) is 8.42. The number of benzene rings is 1. The summed E-state index contributed by atoms with van der Waals surface area (Å²) in [5, 5.41) is 0. The molecule has 0 N–H and O–H groups in total. The number of ether oxygens (including phenoxy) is 1. The van der Waals surface area contributed by atoms with E-state index in [1.165, 1.54) is 50.5 Å². The van der Waals surface area contributed by atoms with Crippen LogP contribution in [-0.2, 0) is 0 Å². The van der Waals surface area contributed by atoms with Crippen LogP contribution in [0.4, 0.5) is 0 Å². The maximum Gasteiger partial charge on any atom is 0.122 e. The summed E-state index contributed by atoms with van der Waals surface area (Å²) >= 11 is 0. The predicted octanol–water partition coefficient (Wildman–Crippen LogP) is 4.91. The smallest absolute Gasteiger partial charge is 0.122 e. The summed E-state index contributed by atoms with van der Waals surface area (Å²) in [6.45, 7) is 3.10. The van der Waals surface area contributed by atoms with E-state index in [9.17, 15) is 0 Å². The zero-order valence-corrected chi connectivity index (χ0v) is 11.0. The fraction of sp³-hybridized carbons (Fsp3) is 0.625. The number of rotatable bonds is 6. The van der Waals surface area contributed by atoms with E-state index in [2.05, 4.69) is 31.2 Å². The van der Waals surface area contributed by atoms with E-state index in [0.29, 0.717) is 0 Å². The van der Waals surface area contributed by atoms with Crippen LogP contribution in [0.1, 0.15) is 63.4 Å². The Kier molecular flexibility index (Phi) is 4.90. The first kappa shape index (κ1) is 12.5. The van der Waals surface area contributed by atoms with Gasteiger partial charge in [-0.25, -0.2) is 0 Å². The van der Waals surface area contributed by atoms with Crippen LogP contribution < -0.4 is 4.74 Å². The van der Waals surface area contributed by atoms with Crippen molar-refractivity contribution in [3.63, 3.8) is 0 Å². The molecule has 0 heterocycles. The lowest BCUT2D eigenvalue weighted by atomic mass is 9.97. The zero-order valence-electron chi connectivity index (χ0n) is 11.0. The summed E-state index contributed by atoms with van der Waals surface area (Å²) < 4.78 is 5.95. The summed E-state index contributed by atoms with van der Waals surface area (Å²) in [5.41, 5.74) is 1.45. The molecule has 17 heavy (non-hydrogen) atoms. The van der Waals surface area contributed by atoms with Gasteiger partial charge < -0.3 is 4.74 Å². The highest BCUT2D eigenvalue weighted by molar-refractivity contribution is 5.36. The molecule has 2 rings (SSSR count). The van der Waals surface area contributed by atoms with Crippen molar-refractivity contribution in [1.29, 1.82) is 0 Å². The third kappa shape index (κ3) is 3.49. The SMILES string of the molecule is CCCCCOc1ccccc1C1CCCC1. The molecule has 0 bridgehead atoms. The van der Waals surface area contributed by atoms with E-state index in [1.54, 1.807) is 0 Å². The molecule has 0 spiro atoms. The van der Waals surface area contributed by atoms with Crippen LogP contribution in [0.3, 0.4) is 0 Å². The van der Waals surface area contributed by atoms with E-state index in [0.717, 1.165) is 18.3 Å². The normalized spacial score (nSPS) is 16.3. The van der Waals surface area contributed by atoms with Crippen LogP contribution in [0.2, 0.25) is 0 Å². The molecular formula is C16H24O. The molecular weight excluding hydrogens is 208 g/mol. The maximum atomic E-state index is 5.95. The molecule has 1 aliphatic rings. The molecule has 1 saturated carbocycles. The van der Waals surface area contributed by atoms with Gasteiger partial charge in [-0.15, -0.1) is 0 Å². The molecule has 1 heteroatoms. The largest absolute Gasteiger partial charge is 0.493 e. The van der Waals surface area contributed by atoms with Crippen molar-refractivity contribution in [2.24, 2.45) is 0 Å². The van der Waals surface area contributed by atoms with Crippen LogP contribution in [0, 0.1) is 0 Å². The molecule has 1 aromatic rings. The molecule has 0 aromatic heterocycles. The van der Waals surface area contributed by atoms with Gasteiger partial charge in [-0.1, -0.05) is 50.8 Å². The number of hydrogen-bond acceptors (Lipinski definition) is 1. The minimum atomic E-state index is 0.748. The van der Waals surface area contributed by atoms with Crippen LogP contribution in [-0.4, -0.2) is 6.61 Å². The van der Waals surface area contributed by atoms with Gasteiger partial charge in [-0.05, 0) is 36.8 Å². The van der Waals surface area contributed by atoms with E-state index in [1.807, 2.05) is 0 Å². The Morgan fingerprint density at radius 2 is 1.88 bits per heavy atom. The summed E-state index contributed by atoms with van der Waals surface area (Å²) in [7, 11) is 0. The molecule has 0 amide bonds. The van der Waals surface area contributed by atoms with Crippen molar-refractivity contribution >= 4 is 0 Å². The molecule has 1 aromatic carbocycles. The lowest BCUT2D eigenvalue weighted by Crippen LogP contribution is -2.02. The van der Waals surface area contributed by atoms with Crippen molar-refractivity contribution in [1.82, 2.24) is 0 Å². The fourth-order valence-electron chi connectivity index (χ4n) is 2.72. The van der Waals surface area contributed by atoms with Gasteiger partial charge in [-0.3, -0.25) is 0 Å². The Morgan fingerprint density at radius 3 is 2.65 bits per heavy atom. The molecule has 0 aliphatic heterocycles. The third-order valence-corrected chi connectivity index (χ3v) is 3.72. The second-order valence-electron chi connectivity index (χ2n) is 5.07. The average Bonchev–Trinajstić information content (AvgIpc) is 2.89. The Bertz CT molecular complexity index is 326. The third-order valence-electron chi connectivity index (χ3n) is 3.72. The van der Waals surface area contributed by atoms with Crippen LogP contribution in [0.5, 0.6) is 5.75 Å². The molecule has 0 saturated heterocycles. The van der Waals surface area contributed by atoms with Gasteiger partial charge in [0.2, 0.25) is 0 Å². The highest BCUT2D eigenvalue weighted by Gasteiger charge is 2.19.